The molecule has 0 aliphatic rings. The average molecular weight is 274 g/mol. The van der Waals surface area contributed by atoms with Crippen molar-refractivity contribution < 1.29 is 17.0 Å². The van der Waals surface area contributed by atoms with E-state index in [0.29, 0.717) is 0 Å². The third-order valence-electron chi connectivity index (χ3n) is 2.35. The molecule has 0 fully saturated rings. The number of hydrogen-bond acceptors (Lipinski definition) is 0. The van der Waals surface area contributed by atoms with E-state index in [0.717, 1.165) is 0 Å². The second-order valence-electron chi connectivity index (χ2n) is 3.67. The van der Waals surface area contributed by atoms with Crippen molar-refractivity contribution in [1.29, 1.82) is 0 Å². The predicted molar refractivity (Wildman–Crippen MR) is 63.0 cm³/mol. The molecule has 0 N–H and O–H groups in total. The first-order valence-electron chi connectivity index (χ1n) is 5.69. The number of halogens is 1. The minimum Gasteiger partial charge on any atom is -1.00 e. The van der Waals surface area contributed by atoms with E-state index in [4.69, 9.17) is 0 Å². The maximum absolute atomic E-state index is 2.27. The summed E-state index contributed by atoms with van der Waals surface area (Å²) < 4.78 is 0. The molecule has 0 amide bonds. The molecule has 0 spiro atoms. The van der Waals surface area contributed by atoms with E-state index < -0.39 is 0 Å². The smallest absolute Gasteiger partial charge is 1.00 e. The molecule has 0 aliphatic heterocycles. The monoisotopic (exact) mass is 272 g/mol. The number of unbranched alkanes of at least 4 members (excludes halogenated alkanes) is 9. The summed E-state index contributed by atoms with van der Waals surface area (Å²) >= 11 is 0. The van der Waals surface area contributed by atoms with Gasteiger partial charge in [0.25, 0.3) is 0 Å². The van der Waals surface area contributed by atoms with Crippen molar-refractivity contribution in [3.05, 3.63) is 6.42 Å². The van der Waals surface area contributed by atoms with E-state index in [9.17, 15) is 0 Å². The Labute approximate surface area is 118 Å². The summed E-state index contributed by atoms with van der Waals surface area (Å²) in [6.45, 7) is 4.43. The van der Waals surface area contributed by atoms with Crippen LogP contribution < -0.4 is 17.0 Å². The zero-order valence-corrected chi connectivity index (χ0v) is 13.0. The number of hydrogen-bond donors (Lipinski definition) is 0. The first-order chi connectivity index (χ1) is 5.91. The molecule has 0 heterocycles. The molecule has 0 aliphatic carbocycles. The Morgan fingerprint density at radius 2 is 1.21 bits per heavy atom. The molecule has 0 unspecified atom stereocenters. The summed E-state index contributed by atoms with van der Waals surface area (Å²) in [5.41, 5.74) is 0. The van der Waals surface area contributed by atoms with Gasteiger partial charge in [0.1, 0.15) is 0 Å². The van der Waals surface area contributed by atoms with Gasteiger partial charge in [-0.25, -0.2) is 0 Å². The predicted octanol–water partition coefficient (Wildman–Crippen LogP) is 1.36. The van der Waals surface area contributed by atoms with Gasteiger partial charge in [0.2, 0.25) is 0 Å². The van der Waals surface area contributed by atoms with Crippen LogP contribution in [0.15, 0.2) is 0 Å². The standard InChI is InChI=1S/C12H25.BrH.Mg/c1-3-5-7-9-11-12-10-8-6-4-2;;/h3H,4-12H2,1-2H3;1H;/q-1;;+2/p-1. The minimum atomic E-state index is 0. The van der Waals surface area contributed by atoms with Gasteiger partial charge < -0.3 is 23.4 Å². The minimum absolute atomic E-state index is 0. The van der Waals surface area contributed by atoms with Gasteiger partial charge in [-0.3, -0.25) is 0 Å². The van der Waals surface area contributed by atoms with E-state index in [-0.39, 0.29) is 40.0 Å². The summed E-state index contributed by atoms with van der Waals surface area (Å²) in [5, 5.41) is 0. The van der Waals surface area contributed by atoms with Crippen molar-refractivity contribution >= 4 is 23.1 Å². The molecule has 0 rings (SSSR count). The summed E-state index contributed by atoms with van der Waals surface area (Å²) in [6.07, 6.45) is 15.1. The Bertz CT molecular complexity index is 66.7. The van der Waals surface area contributed by atoms with Crippen LogP contribution in [0.5, 0.6) is 0 Å². The van der Waals surface area contributed by atoms with Gasteiger partial charge in [-0.1, -0.05) is 58.3 Å². The first-order valence-corrected chi connectivity index (χ1v) is 5.69. The van der Waals surface area contributed by atoms with Crippen LogP contribution in [0.25, 0.3) is 0 Å². The molecule has 0 bridgehead atoms. The maximum Gasteiger partial charge on any atom is 2.00 e. The third-order valence-corrected chi connectivity index (χ3v) is 2.35. The molecule has 0 atom stereocenters. The fraction of sp³-hybridized carbons (Fsp3) is 0.917. The topological polar surface area (TPSA) is 0 Å². The van der Waals surface area contributed by atoms with Gasteiger partial charge in [-0.05, 0) is 0 Å². The molecule has 0 saturated heterocycles. The van der Waals surface area contributed by atoms with E-state index in [2.05, 4.69) is 20.3 Å². The largest absolute Gasteiger partial charge is 2.00 e. The molecule has 2 heteroatoms. The van der Waals surface area contributed by atoms with E-state index in [1.54, 1.807) is 0 Å². The maximum atomic E-state index is 2.27. The van der Waals surface area contributed by atoms with Crippen LogP contribution in [-0.4, -0.2) is 23.1 Å². The Morgan fingerprint density at radius 3 is 1.64 bits per heavy atom. The summed E-state index contributed by atoms with van der Waals surface area (Å²) in [6, 6.07) is 0. The van der Waals surface area contributed by atoms with Crippen LogP contribution in [0.3, 0.4) is 0 Å². The zero-order valence-electron chi connectivity index (χ0n) is 10.0. The summed E-state index contributed by atoms with van der Waals surface area (Å²) in [5.74, 6) is 0. The summed E-state index contributed by atoms with van der Waals surface area (Å²) in [4.78, 5) is 0. The first kappa shape index (κ1) is 20.6. The SMILES string of the molecule is C[CH-]CCCCCCCCCC.[Br-].[Mg+2]. The fourth-order valence-corrected chi connectivity index (χ4v) is 1.48. The average Bonchev–Trinajstić information content (AvgIpc) is 2.10. The molecule has 14 heavy (non-hydrogen) atoms. The number of rotatable bonds is 9. The quantitative estimate of drug-likeness (QED) is 0.338. The zero-order chi connectivity index (χ0) is 9.07. The van der Waals surface area contributed by atoms with Crippen molar-refractivity contribution in [3.8, 4) is 0 Å². The molecular weight excluding hydrogens is 248 g/mol. The van der Waals surface area contributed by atoms with Crippen molar-refractivity contribution in [2.75, 3.05) is 0 Å². The van der Waals surface area contributed by atoms with Crippen LogP contribution in [-0.2, 0) is 0 Å². The summed E-state index contributed by atoms with van der Waals surface area (Å²) in [7, 11) is 0. The Balaban J connectivity index is -0.000000605. The normalized spacial score (nSPS) is 9.00. The van der Waals surface area contributed by atoms with Crippen molar-refractivity contribution in [2.45, 2.75) is 71.6 Å². The molecule has 0 aromatic rings. The second-order valence-corrected chi connectivity index (χ2v) is 3.67. The van der Waals surface area contributed by atoms with Crippen LogP contribution in [0.4, 0.5) is 0 Å². The van der Waals surface area contributed by atoms with Crippen molar-refractivity contribution in [1.82, 2.24) is 0 Å². The molecule has 0 nitrogen and oxygen atoms in total. The van der Waals surface area contributed by atoms with Crippen molar-refractivity contribution in [2.24, 2.45) is 0 Å². The van der Waals surface area contributed by atoms with E-state index in [1.165, 1.54) is 57.8 Å². The van der Waals surface area contributed by atoms with Crippen LogP contribution in [0.1, 0.15) is 71.6 Å². The van der Waals surface area contributed by atoms with E-state index >= 15 is 0 Å². The molecule has 0 saturated carbocycles. The van der Waals surface area contributed by atoms with E-state index in [1.807, 2.05) is 0 Å². The third kappa shape index (κ3) is 18.9. The van der Waals surface area contributed by atoms with Crippen LogP contribution in [0, 0.1) is 6.42 Å². The Kier molecular flexibility index (Phi) is 29.1. The van der Waals surface area contributed by atoms with Gasteiger partial charge in [0.15, 0.2) is 0 Å². The van der Waals surface area contributed by atoms with Crippen molar-refractivity contribution in [3.63, 3.8) is 0 Å². The van der Waals surface area contributed by atoms with Crippen LogP contribution >= 0.6 is 0 Å². The van der Waals surface area contributed by atoms with Gasteiger partial charge in [0.05, 0.1) is 0 Å². The molecule has 82 valence electrons. The van der Waals surface area contributed by atoms with Gasteiger partial charge in [0, 0.05) is 0 Å². The fourth-order valence-electron chi connectivity index (χ4n) is 1.48. The Morgan fingerprint density at radius 1 is 0.786 bits per heavy atom. The molecule has 0 radical (unpaired) electrons. The second kappa shape index (κ2) is 19.8. The Hall–Kier alpha value is 1.25. The van der Waals surface area contributed by atoms with Gasteiger partial charge in [-0.15, -0.1) is 0 Å². The van der Waals surface area contributed by atoms with Gasteiger partial charge in [-0.2, -0.15) is 13.3 Å². The molecule has 0 aromatic heterocycles. The molecular formula is C12H25BrMg. The van der Waals surface area contributed by atoms with Crippen LogP contribution in [0.2, 0.25) is 0 Å². The molecule has 0 aromatic carbocycles. The van der Waals surface area contributed by atoms with Gasteiger partial charge >= 0.3 is 23.1 Å².